The van der Waals surface area contributed by atoms with Gasteiger partial charge in [-0.3, -0.25) is 0 Å². The van der Waals surface area contributed by atoms with E-state index in [1.807, 2.05) is 29.8 Å². The number of nitrogens with zero attached hydrogens (tertiary/aromatic N) is 4. The van der Waals surface area contributed by atoms with Gasteiger partial charge in [0, 0.05) is 38.3 Å². The van der Waals surface area contributed by atoms with Crippen molar-refractivity contribution in [1.82, 2.24) is 20.1 Å². The van der Waals surface area contributed by atoms with Crippen LogP contribution in [0.5, 0.6) is 5.88 Å². The minimum atomic E-state index is 0.599. The van der Waals surface area contributed by atoms with Crippen molar-refractivity contribution in [3.63, 3.8) is 0 Å². The van der Waals surface area contributed by atoms with Gasteiger partial charge < -0.3 is 15.0 Å². The fourth-order valence-electron chi connectivity index (χ4n) is 2.41. The zero-order valence-electron chi connectivity index (χ0n) is 11.8. The molecule has 0 spiro atoms. The number of methoxy groups -OCH3 is 1. The smallest absolute Gasteiger partial charge is 0.214 e. The molecule has 1 saturated heterocycles. The number of rotatable bonds is 3. The van der Waals surface area contributed by atoms with Gasteiger partial charge in [-0.05, 0) is 13.0 Å². The van der Waals surface area contributed by atoms with Gasteiger partial charge in [-0.25, -0.2) is 0 Å². The van der Waals surface area contributed by atoms with Gasteiger partial charge in [-0.2, -0.15) is 14.8 Å². The summed E-state index contributed by atoms with van der Waals surface area (Å²) in [5, 5.41) is 7.93. The Morgan fingerprint density at radius 1 is 1.25 bits per heavy atom. The SMILES string of the molecule is COc1cccc(-n2nc(C)cc2N2CCNCC2)n1. The lowest BCUT2D eigenvalue weighted by molar-refractivity contribution is 0.397. The molecule has 0 radical (unpaired) electrons. The molecular formula is C14H19N5O. The van der Waals surface area contributed by atoms with Crippen molar-refractivity contribution in [1.29, 1.82) is 0 Å². The number of nitrogens with one attached hydrogen (secondary N) is 1. The van der Waals surface area contributed by atoms with Gasteiger partial charge >= 0.3 is 0 Å². The van der Waals surface area contributed by atoms with Gasteiger partial charge in [0.25, 0.3) is 0 Å². The maximum Gasteiger partial charge on any atom is 0.214 e. The topological polar surface area (TPSA) is 55.2 Å². The lowest BCUT2D eigenvalue weighted by atomic mass is 10.3. The maximum absolute atomic E-state index is 5.19. The standard InChI is InChI=1S/C14H19N5O/c1-11-10-14(18-8-6-15-7-9-18)19(17-11)12-4-3-5-13(16-12)20-2/h3-5,10,15H,6-9H2,1-2H3. The Morgan fingerprint density at radius 3 is 2.80 bits per heavy atom. The predicted molar refractivity (Wildman–Crippen MR) is 77.7 cm³/mol. The van der Waals surface area contributed by atoms with Crippen molar-refractivity contribution in [2.45, 2.75) is 6.92 Å². The Balaban J connectivity index is 1.99. The van der Waals surface area contributed by atoms with Crippen LogP contribution in [0, 0.1) is 6.92 Å². The first-order valence-electron chi connectivity index (χ1n) is 6.81. The first-order valence-corrected chi connectivity index (χ1v) is 6.81. The molecule has 1 aliphatic rings. The van der Waals surface area contributed by atoms with E-state index in [2.05, 4.69) is 26.4 Å². The fourth-order valence-corrected chi connectivity index (χ4v) is 2.41. The number of anilines is 1. The highest BCUT2D eigenvalue weighted by Crippen LogP contribution is 2.21. The molecule has 2 aromatic rings. The van der Waals surface area contributed by atoms with Crippen LogP contribution in [0.4, 0.5) is 5.82 Å². The zero-order chi connectivity index (χ0) is 13.9. The van der Waals surface area contributed by atoms with Crippen LogP contribution in [0.1, 0.15) is 5.69 Å². The summed E-state index contributed by atoms with van der Waals surface area (Å²) < 4.78 is 7.08. The summed E-state index contributed by atoms with van der Waals surface area (Å²) in [5.41, 5.74) is 0.989. The minimum Gasteiger partial charge on any atom is -0.481 e. The van der Waals surface area contributed by atoms with Crippen LogP contribution in [0.2, 0.25) is 0 Å². The first kappa shape index (κ1) is 12.9. The molecule has 0 amide bonds. The van der Waals surface area contributed by atoms with Crippen molar-refractivity contribution in [2.75, 3.05) is 38.2 Å². The molecule has 0 saturated carbocycles. The Kier molecular flexibility index (Phi) is 3.56. The molecule has 1 N–H and O–H groups in total. The second-order valence-corrected chi connectivity index (χ2v) is 4.83. The van der Waals surface area contributed by atoms with Crippen LogP contribution in [-0.4, -0.2) is 48.1 Å². The number of piperazine rings is 1. The molecule has 0 aliphatic carbocycles. The average Bonchev–Trinajstić information content (AvgIpc) is 2.90. The summed E-state index contributed by atoms with van der Waals surface area (Å²) in [7, 11) is 1.62. The number of aryl methyl sites for hydroxylation is 1. The van der Waals surface area contributed by atoms with Gasteiger partial charge in [-0.1, -0.05) is 6.07 Å². The number of hydrogen-bond acceptors (Lipinski definition) is 5. The van der Waals surface area contributed by atoms with E-state index >= 15 is 0 Å². The second-order valence-electron chi connectivity index (χ2n) is 4.83. The molecule has 0 atom stereocenters. The van der Waals surface area contributed by atoms with Crippen LogP contribution >= 0.6 is 0 Å². The zero-order valence-corrected chi connectivity index (χ0v) is 11.8. The average molecular weight is 273 g/mol. The number of hydrogen-bond donors (Lipinski definition) is 1. The molecule has 2 aromatic heterocycles. The molecule has 0 aromatic carbocycles. The van der Waals surface area contributed by atoms with Crippen molar-refractivity contribution in [3.05, 3.63) is 30.0 Å². The number of pyridine rings is 1. The maximum atomic E-state index is 5.19. The van der Waals surface area contributed by atoms with Crippen molar-refractivity contribution < 1.29 is 4.74 Å². The molecule has 6 nitrogen and oxygen atoms in total. The molecular weight excluding hydrogens is 254 g/mol. The van der Waals surface area contributed by atoms with Gasteiger partial charge in [0.1, 0.15) is 5.82 Å². The van der Waals surface area contributed by atoms with Gasteiger partial charge in [0.15, 0.2) is 5.82 Å². The summed E-state index contributed by atoms with van der Waals surface area (Å²) >= 11 is 0. The van der Waals surface area contributed by atoms with Crippen LogP contribution < -0.4 is 15.0 Å². The highest BCUT2D eigenvalue weighted by atomic mass is 16.5. The minimum absolute atomic E-state index is 0.599. The third-order valence-corrected chi connectivity index (χ3v) is 3.39. The summed E-state index contributed by atoms with van der Waals surface area (Å²) in [6.45, 7) is 5.96. The molecule has 3 rings (SSSR count). The Bertz CT molecular complexity index is 589. The summed E-state index contributed by atoms with van der Waals surface area (Å²) in [6.07, 6.45) is 0. The van der Waals surface area contributed by atoms with E-state index in [4.69, 9.17) is 4.74 Å². The second kappa shape index (κ2) is 5.50. The van der Waals surface area contributed by atoms with Gasteiger partial charge in [0.05, 0.1) is 12.8 Å². The predicted octanol–water partition coefficient (Wildman–Crippen LogP) is 0.994. The Hall–Kier alpha value is -2.08. The van der Waals surface area contributed by atoms with Crippen LogP contribution in [-0.2, 0) is 0 Å². The Labute approximate surface area is 118 Å². The van der Waals surface area contributed by atoms with E-state index in [0.29, 0.717) is 5.88 Å². The normalized spacial score (nSPS) is 15.4. The lowest BCUT2D eigenvalue weighted by Gasteiger charge is -2.29. The highest BCUT2D eigenvalue weighted by molar-refractivity contribution is 5.47. The van der Waals surface area contributed by atoms with Crippen molar-refractivity contribution >= 4 is 5.82 Å². The van der Waals surface area contributed by atoms with Crippen molar-refractivity contribution in [3.8, 4) is 11.7 Å². The van der Waals surface area contributed by atoms with E-state index in [9.17, 15) is 0 Å². The largest absolute Gasteiger partial charge is 0.481 e. The van der Waals surface area contributed by atoms with E-state index in [1.54, 1.807) is 7.11 Å². The Morgan fingerprint density at radius 2 is 2.05 bits per heavy atom. The molecule has 1 fully saturated rings. The molecule has 1 aliphatic heterocycles. The van der Waals surface area contributed by atoms with E-state index in [0.717, 1.165) is 43.5 Å². The third-order valence-electron chi connectivity index (χ3n) is 3.39. The molecule has 6 heteroatoms. The monoisotopic (exact) mass is 273 g/mol. The van der Waals surface area contributed by atoms with E-state index in [-0.39, 0.29) is 0 Å². The number of aromatic nitrogens is 3. The van der Waals surface area contributed by atoms with Crippen LogP contribution in [0.3, 0.4) is 0 Å². The number of ether oxygens (including phenoxy) is 1. The molecule has 0 unspecified atom stereocenters. The van der Waals surface area contributed by atoms with Gasteiger partial charge in [-0.15, -0.1) is 0 Å². The lowest BCUT2D eigenvalue weighted by Crippen LogP contribution is -2.44. The summed E-state index contributed by atoms with van der Waals surface area (Å²) in [5.74, 6) is 2.47. The first-order chi connectivity index (χ1) is 9.78. The van der Waals surface area contributed by atoms with E-state index in [1.165, 1.54) is 0 Å². The summed E-state index contributed by atoms with van der Waals surface area (Å²) in [6, 6.07) is 7.82. The van der Waals surface area contributed by atoms with Crippen LogP contribution in [0.25, 0.3) is 5.82 Å². The third kappa shape index (κ3) is 2.46. The van der Waals surface area contributed by atoms with E-state index < -0.39 is 0 Å². The van der Waals surface area contributed by atoms with Crippen molar-refractivity contribution in [2.24, 2.45) is 0 Å². The molecule has 106 valence electrons. The van der Waals surface area contributed by atoms with Crippen LogP contribution in [0.15, 0.2) is 24.3 Å². The molecule has 20 heavy (non-hydrogen) atoms. The summed E-state index contributed by atoms with van der Waals surface area (Å²) in [4.78, 5) is 6.80. The quantitative estimate of drug-likeness (QED) is 0.904. The fraction of sp³-hybridized carbons (Fsp3) is 0.429. The van der Waals surface area contributed by atoms with Gasteiger partial charge in [0.2, 0.25) is 5.88 Å². The molecule has 3 heterocycles. The molecule has 0 bridgehead atoms. The highest BCUT2D eigenvalue weighted by Gasteiger charge is 2.17.